The molecule has 1 atom stereocenters. The minimum atomic E-state index is -1.89. The molecule has 2 heterocycles. The van der Waals surface area contributed by atoms with Crippen LogP contribution in [0.1, 0.15) is 46.3 Å². The van der Waals surface area contributed by atoms with Gasteiger partial charge in [-0.1, -0.05) is 26.8 Å². The zero-order valence-corrected chi connectivity index (χ0v) is 18.4. The molecule has 24 heavy (non-hydrogen) atoms. The number of rotatable bonds is 3. The molecule has 0 N–H and O–H groups in total. The lowest BCUT2D eigenvalue weighted by Gasteiger charge is -2.36. The van der Waals surface area contributed by atoms with Crippen molar-refractivity contribution in [2.24, 2.45) is 0 Å². The van der Waals surface area contributed by atoms with Gasteiger partial charge in [0.05, 0.1) is 10.9 Å². The molecule has 0 aliphatic carbocycles. The van der Waals surface area contributed by atoms with E-state index in [9.17, 15) is 0 Å². The Morgan fingerprint density at radius 3 is 2.67 bits per heavy atom. The minimum absolute atomic E-state index is 0.0490. The van der Waals surface area contributed by atoms with Crippen LogP contribution in [-0.2, 0) is 4.74 Å². The van der Waals surface area contributed by atoms with Gasteiger partial charge in [-0.3, -0.25) is 0 Å². The van der Waals surface area contributed by atoms with E-state index in [-0.39, 0.29) is 11.3 Å². The average molecular weight is 458 g/mol. The zero-order chi connectivity index (χ0) is 17.5. The number of benzene rings is 1. The van der Waals surface area contributed by atoms with Crippen molar-refractivity contribution in [2.45, 2.75) is 64.4 Å². The fourth-order valence-corrected chi connectivity index (χ4v) is 4.57. The second-order valence-corrected chi connectivity index (χ2v) is 13.8. The highest BCUT2D eigenvalue weighted by Crippen LogP contribution is 2.40. The van der Waals surface area contributed by atoms with E-state index >= 15 is 0 Å². The summed E-state index contributed by atoms with van der Waals surface area (Å²) in [6.07, 6.45) is 3.42. The maximum absolute atomic E-state index is 6.60. The highest BCUT2D eigenvalue weighted by atomic mass is 127. The Balaban J connectivity index is 2.03. The van der Waals surface area contributed by atoms with Crippen LogP contribution in [0.2, 0.25) is 18.1 Å². The number of hydrogen-bond donors (Lipinski definition) is 0. The molecule has 1 aromatic carbocycles. The van der Waals surface area contributed by atoms with Gasteiger partial charge in [-0.15, -0.1) is 0 Å². The summed E-state index contributed by atoms with van der Waals surface area (Å²) in [5, 5.41) is 6.07. The van der Waals surface area contributed by atoms with Crippen molar-refractivity contribution < 1.29 is 9.16 Å². The van der Waals surface area contributed by atoms with Gasteiger partial charge in [0, 0.05) is 6.61 Å². The third-order valence-corrected chi connectivity index (χ3v) is 10.4. The molecule has 0 radical (unpaired) electrons. The standard InChI is InChI=1S/C18H27IN2O2Si/c1-18(2,3)24(4,5)23-14-10-8-9-13-16(14)17(19)20-21(13)15-11-6-7-12-22-15/h8-10,15H,6-7,11-12H2,1-5H3. The van der Waals surface area contributed by atoms with Gasteiger partial charge < -0.3 is 9.16 Å². The molecule has 1 aliphatic heterocycles. The predicted octanol–water partition coefficient (Wildman–Crippen LogP) is 5.72. The monoisotopic (exact) mass is 458 g/mol. The highest BCUT2D eigenvalue weighted by molar-refractivity contribution is 14.1. The van der Waals surface area contributed by atoms with Gasteiger partial charge in [0.25, 0.3) is 8.32 Å². The molecule has 0 spiro atoms. The van der Waals surface area contributed by atoms with E-state index < -0.39 is 8.32 Å². The normalized spacial score (nSPS) is 19.7. The van der Waals surface area contributed by atoms with Crippen LogP contribution >= 0.6 is 22.6 Å². The Bertz CT molecular complexity index is 730. The molecule has 1 fully saturated rings. The fraction of sp³-hybridized carbons (Fsp3) is 0.611. The Morgan fingerprint density at radius 1 is 1.29 bits per heavy atom. The number of hydrogen-bond acceptors (Lipinski definition) is 3. The maximum atomic E-state index is 6.60. The lowest BCUT2D eigenvalue weighted by molar-refractivity contribution is -0.0368. The summed E-state index contributed by atoms with van der Waals surface area (Å²) in [6.45, 7) is 12.2. The molecule has 6 heteroatoms. The summed E-state index contributed by atoms with van der Waals surface area (Å²) < 4.78 is 15.6. The van der Waals surface area contributed by atoms with E-state index in [0.29, 0.717) is 0 Å². The zero-order valence-electron chi connectivity index (χ0n) is 15.2. The largest absolute Gasteiger partial charge is 0.543 e. The van der Waals surface area contributed by atoms with E-state index in [1.54, 1.807) is 0 Å². The quantitative estimate of drug-likeness (QED) is 0.436. The summed E-state index contributed by atoms with van der Waals surface area (Å²) in [6, 6.07) is 6.28. The van der Waals surface area contributed by atoms with Crippen LogP contribution < -0.4 is 4.43 Å². The third kappa shape index (κ3) is 3.37. The number of aromatic nitrogens is 2. The smallest absolute Gasteiger partial charge is 0.250 e. The van der Waals surface area contributed by atoms with E-state index in [1.165, 1.54) is 6.42 Å². The van der Waals surface area contributed by atoms with Gasteiger partial charge in [0.2, 0.25) is 0 Å². The molecule has 0 amide bonds. The second kappa shape index (κ2) is 6.61. The van der Waals surface area contributed by atoms with Crippen molar-refractivity contribution in [1.29, 1.82) is 0 Å². The summed E-state index contributed by atoms with van der Waals surface area (Å²) in [7, 11) is -1.89. The maximum Gasteiger partial charge on any atom is 0.250 e. The van der Waals surface area contributed by atoms with Crippen molar-refractivity contribution in [2.75, 3.05) is 6.61 Å². The summed E-state index contributed by atoms with van der Waals surface area (Å²) >= 11 is 2.32. The first-order chi connectivity index (χ1) is 11.2. The topological polar surface area (TPSA) is 36.3 Å². The van der Waals surface area contributed by atoms with Gasteiger partial charge >= 0.3 is 0 Å². The van der Waals surface area contributed by atoms with E-state index in [0.717, 1.165) is 39.8 Å². The van der Waals surface area contributed by atoms with Gasteiger partial charge in [-0.2, -0.15) is 5.10 Å². The van der Waals surface area contributed by atoms with Crippen LogP contribution in [0.25, 0.3) is 10.9 Å². The van der Waals surface area contributed by atoms with Crippen LogP contribution in [0.5, 0.6) is 5.75 Å². The Labute approximate surface area is 159 Å². The van der Waals surface area contributed by atoms with E-state index in [4.69, 9.17) is 14.3 Å². The fourth-order valence-electron chi connectivity index (χ4n) is 2.77. The molecule has 3 rings (SSSR count). The van der Waals surface area contributed by atoms with Gasteiger partial charge in [-0.25, -0.2) is 4.68 Å². The molecule has 1 unspecified atom stereocenters. The molecule has 0 saturated carbocycles. The number of ether oxygens (including phenoxy) is 1. The predicted molar refractivity (Wildman–Crippen MR) is 109 cm³/mol. The van der Waals surface area contributed by atoms with Gasteiger partial charge in [0.15, 0.2) is 6.23 Å². The lowest BCUT2D eigenvalue weighted by Crippen LogP contribution is -2.43. The molecule has 132 valence electrons. The van der Waals surface area contributed by atoms with Crippen molar-refractivity contribution in [3.05, 3.63) is 21.9 Å². The first kappa shape index (κ1) is 18.2. The van der Waals surface area contributed by atoms with E-state index in [2.05, 4.69) is 79.3 Å². The van der Waals surface area contributed by atoms with Crippen molar-refractivity contribution in [1.82, 2.24) is 9.78 Å². The Hall–Kier alpha value is -0.603. The van der Waals surface area contributed by atoms with Gasteiger partial charge in [-0.05, 0) is 72.1 Å². The molecule has 2 aromatic rings. The summed E-state index contributed by atoms with van der Waals surface area (Å²) in [4.78, 5) is 0. The first-order valence-corrected chi connectivity index (χ1v) is 12.7. The molecule has 1 aromatic heterocycles. The summed E-state index contributed by atoms with van der Waals surface area (Å²) in [5.41, 5.74) is 1.11. The molecule has 0 bridgehead atoms. The average Bonchev–Trinajstić information content (AvgIpc) is 2.85. The third-order valence-electron chi connectivity index (χ3n) is 5.25. The number of nitrogens with zero attached hydrogens (tertiary/aromatic N) is 2. The molecular weight excluding hydrogens is 431 g/mol. The SMILES string of the molecule is CC(C)(C)[Si](C)(C)Oc1cccc2c1c(I)nn2C1CCCCO1. The first-order valence-electron chi connectivity index (χ1n) is 8.68. The lowest BCUT2D eigenvalue weighted by atomic mass is 10.2. The van der Waals surface area contributed by atoms with Crippen LogP contribution in [0, 0.1) is 3.70 Å². The molecule has 1 aliphatic rings. The molecular formula is C18H27IN2O2Si. The van der Waals surface area contributed by atoms with Crippen molar-refractivity contribution in [3.8, 4) is 5.75 Å². The second-order valence-electron chi connectivity index (χ2n) is 8.07. The summed E-state index contributed by atoms with van der Waals surface area (Å²) in [5.74, 6) is 0.963. The Kier molecular flexibility index (Phi) is 5.01. The van der Waals surface area contributed by atoms with Crippen molar-refractivity contribution in [3.63, 3.8) is 0 Å². The Morgan fingerprint density at radius 2 is 2.04 bits per heavy atom. The van der Waals surface area contributed by atoms with Crippen LogP contribution in [0.15, 0.2) is 18.2 Å². The molecule has 1 saturated heterocycles. The highest BCUT2D eigenvalue weighted by Gasteiger charge is 2.39. The van der Waals surface area contributed by atoms with Crippen molar-refractivity contribution >= 4 is 41.8 Å². The van der Waals surface area contributed by atoms with Crippen LogP contribution in [0.3, 0.4) is 0 Å². The van der Waals surface area contributed by atoms with E-state index in [1.807, 2.05) is 0 Å². The van der Waals surface area contributed by atoms with Crippen LogP contribution in [0.4, 0.5) is 0 Å². The van der Waals surface area contributed by atoms with Gasteiger partial charge in [0.1, 0.15) is 9.45 Å². The number of fused-ring (bicyclic) bond motifs is 1. The minimum Gasteiger partial charge on any atom is -0.543 e. The van der Waals surface area contributed by atoms with Crippen LogP contribution in [-0.4, -0.2) is 24.7 Å². The number of halogens is 1. The molecule has 4 nitrogen and oxygen atoms in total.